The minimum absolute atomic E-state index is 0.0957. The van der Waals surface area contributed by atoms with Crippen LogP contribution in [0.5, 0.6) is 0 Å². The fourth-order valence-electron chi connectivity index (χ4n) is 3.06. The molecule has 0 N–H and O–H groups in total. The van der Waals surface area contributed by atoms with Gasteiger partial charge in [-0.1, -0.05) is 24.3 Å². The summed E-state index contributed by atoms with van der Waals surface area (Å²) in [6.07, 6.45) is -2.99. The molecule has 0 saturated carbocycles. The number of alkyl halides is 3. The maximum Gasteiger partial charge on any atom is 0.416 e. The summed E-state index contributed by atoms with van der Waals surface area (Å²) in [6, 6.07) is 11.3. The molecule has 0 aliphatic carbocycles. The Kier molecular flexibility index (Phi) is 5.64. The predicted octanol–water partition coefficient (Wildman–Crippen LogP) is 3.52. The van der Waals surface area contributed by atoms with Crippen LogP contribution in [0.3, 0.4) is 0 Å². The highest BCUT2D eigenvalue weighted by molar-refractivity contribution is 7.92. The van der Waals surface area contributed by atoms with Gasteiger partial charge in [0.05, 0.1) is 16.1 Å². The van der Waals surface area contributed by atoms with Gasteiger partial charge in [-0.3, -0.25) is 9.10 Å². The van der Waals surface area contributed by atoms with Gasteiger partial charge < -0.3 is 4.90 Å². The van der Waals surface area contributed by atoms with Crippen LogP contribution in [0.2, 0.25) is 0 Å². The summed E-state index contributed by atoms with van der Waals surface area (Å²) in [7, 11) is -4.22. The lowest BCUT2D eigenvalue weighted by Gasteiger charge is -2.27. The van der Waals surface area contributed by atoms with E-state index < -0.39 is 34.2 Å². The van der Waals surface area contributed by atoms with Crippen LogP contribution in [-0.2, 0) is 21.0 Å². The number of carbonyl (C=O) groups is 1. The van der Waals surface area contributed by atoms with E-state index in [9.17, 15) is 26.4 Å². The second-order valence-corrected chi connectivity index (χ2v) is 8.32. The topological polar surface area (TPSA) is 57.7 Å². The average Bonchev–Trinajstić information content (AvgIpc) is 3.21. The second kappa shape index (κ2) is 7.83. The third-order valence-corrected chi connectivity index (χ3v) is 6.32. The number of amides is 1. The number of hydrogen-bond acceptors (Lipinski definition) is 3. The molecule has 0 aromatic heterocycles. The number of halogens is 3. The molecule has 0 radical (unpaired) electrons. The average molecular weight is 412 g/mol. The van der Waals surface area contributed by atoms with Gasteiger partial charge in [0.2, 0.25) is 5.91 Å². The molecule has 150 valence electrons. The molecule has 1 fully saturated rings. The zero-order valence-electron chi connectivity index (χ0n) is 14.9. The zero-order valence-corrected chi connectivity index (χ0v) is 15.7. The number of hydrogen-bond donors (Lipinski definition) is 0. The number of likely N-dealkylation sites (tertiary alicyclic amines) is 1. The van der Waals surface area contributed by atoms with E-state index in [1.165, 1.54) is 35.2 Å². The van der Waals surface area contributed by atoms with Crippen LogP contribution in [0.1, 0.15) is 18.4 Å². The quantitative estimate of drug-likeness (QED) is 0.755. The van der Waals surface area contributed by atoms with Crippen LogP contribution < -0.4 is 4.31 Å². The van der Waals surface area contributed by atoms with Crippen LogP contribution in [0, 0.1) is 0 Å². The Morgan fingerprint density at radius 1 is 1.00 bits per heavy atom. The van der Waals surface area contributed by atoms with Gasteiger partial charge in [0.25, 0.3) is 10.0 Å². The molecule has 2 aromatic rings. The lowest BCUT2D eigenvalue weighted by molar-refractivity contribution is -0.137. The SMILES string of the molecule is O=C(CN(c1cccc(C(F)(F)F)c1)S(=O)(=O)c1ccccc1)N1CCCC1. The van der Waals surface area contributed by atoms with E-state index >= 15 is 0 Å². The molecule has 9 heteroatoms. The first-order valence-corrected chi connectivity index (χ1v) is 10.2. The van der Waals surface area contributed by atoms with Crippen LogP contribution in [0.15, 0.2) is 59.5 Å². The molecule has 0 bridgehead atoms. The molecule has 1 aliphatic rings. The smallest absolute Gasteiger partial charge is 0.341 e. The van der Waals surface area contributed by atoms with Crippen molar-refractivity contribution in [2.75, 3.05) is 23.9 Å². The Balaban J connectivity index is 2.03. The van der Waals surface area contributed by atoms with Crippen LogP contribution >= 0.6 is 0 Å². The maximum absolute atomic E-state index is 13.1. The van der Waals surface area contributed by atoms with Crippen molar-refractivity contribution in [2.24, 2.45) is 0 Å². The molecule has 1 saturated heterocycles. The third-order valence-electron chi connectivity index (χ3n) is 4.53. The molecule has 0 spiro atoms. The summed E-state index contributed by atoms with van der Waals surface area (Å²) in [5.74, 6) is -0.436. The lowest BCUT2D eigenvalue weighted by Crippen LogP contribution is -2.42. The Morgan fingerprint density at radius 3 is 2.25 bits per heavy atom. The van der Waals surface area contributed by atoms with Gasteiger partial charge in [0, 0.05) is 13.1 Å². The Hall–Kier alpha value is -2.55. The fourth-order valence-corrected chi connectivity index (χ4v) is 4.49. The van der Waals surface area contributed by atoms with Gasteiger partial charge in [0.15, 0.2) is 0 Å². The standard InChI is InChI=1S/C19H19F3N2O3S/c20-19(21,22)15-7-6-8-16(13-15)24(14-18(25)23-11-4-5-12-23)28(26,27)17-9-2-1-3-10-17/h1-3,6-10,13H,4-5,11-12,14H2. The Morgan fingerprint density at radius 2 is 1.64 bits per heavy atom. The first kappa shape index (κ1) is 20.2. The van der Waals surface area contributed by atoms with Crippen LogP contribution in [-0.4, -0.2) is 38.9 Å². The van der Waals surface area contributed by atoms with Gasteiger partial charge in [-0.05, 0) is 43.2 Å². The summed E-state index contributed by atoms with van der Waals surface area (Å²) in [6.45, 7) is 0.472. The molecular formula is C19H19F3N2O3S. The zero-order chi connectivity index (χ0) is 20.4. The van der Waals surface area contributed by atoms with E-state index in [0.29, 0.717) is 13.1 Å². The van der Waals surface area contributed by atoms with Crippen LogP contribution in [0.25, 0.3) is 0 Å². The minimum atomic E-state index is -4.63. The molecule has 1 heterocycles. The molecule has 1 aliphatic heterocycles. The third kappa shape index (κ3) is 4.30. The molecule has 28 heavy (non-hydrogen) atoms. The van der Waals surface area contributed by atoms with E-state index in [1.54, 1.807) is 6.07 Å². The largest absolute Gasteiger partial charge is 0.416 e. The van der Waals surface area contributed by atoms with Gasteiger partial charge in [-0.2, -0.15) is 13.2 Å². The van der Waals surface area contributed by atoms with Crippen molar-refractivity contribution in [2.45, 2.75) is 23.9 Å². The number of benzene rings is 2. The van der Waals surface area contributed by atoms with Gasteiger partial charge in [-0.15, -0.1) is 0 Å². The van der Waals surface area contributed by atoms with E-state index in [2.05, 4.69) is 0 Å². The van der Waals surface area contributed by atoms with E-state index in [-0.39, 0.29) is 10.6 Å². The molecule has 0 unspecified atom stereocenters. The van der Waals surface area contributed by atoms with Crippen molar-refractivity contribution in [3.8, 4) is 0 Å². The number of carbonyl (C=O) groups excluding carboxylic acids is 1. The summed E-state index contributed by atoms with van der Waals surface area (Å²) in [4.78, 5) is 14.0. The monoisotopic (exact) mass is 412 g/mol. The first-order chi connectivity index (χ1) is 13.2. The highest BCUT2D eigenvalue weighted by atomic mass is 32.2. The van der Waals surface area contributed by atoms with Crippen molar-refractivity contribution in [1.29, 1.82) is 0 Å². The van der Waals surface area contributed by atoms with Crippen molar-refractivity contribution < 1.29 is 26.4 Å². The van der Waals surface area contributed by atoms with Crippen molar-refractivity contribution >= 4 is 21.6 Å². The van der Waals surface area contributed by atoms with E-state index in [0.717, 1.165) is 35.3 Å². The predicted molar refractivity (Wildman–Crippen MR) is 98.2 cm³/mol. The summed E-state index contributed by atoms with van der Waals surface area (Å²) < 4.78 is 66.3. The molecular weight excluding hydrogens is 393 g/mol. The Labute approximate surface area is 161 Å². The van der Waals surface area contributed by atoms with Gasteiger partial charge >= 0.3 is 6.18 Å². The summed E-state index contributed by atoms with van der Waals surface area (Å²) in [5, 5.41) is 0. The highest BCUT2D eigenvalue weighted by Crippen LogP contribution is 2.33. The van der Waals surface area contributed by atoms with E-state index in [1.807, 2.05) is 0 Å². The summed E-state index contributed by atoms with van der Waals surface area (Å²) >= 11 is 0. The molecule has 3 rings (SSSR count). The highest BCUT2D eigenvalue weighted by Gasteiger charge is 2.34. The van der Waals surface area contributed by atoms with Crippen LogP contribution in [0.4, 0.5) is 18.9 Å². The molecule has 2 aromatic carbocycles. The fraction of sp³-hybridized carbons (Fsp3) is 0.316. The van der Waals surface area contributed by atoms with Crippen molar-refractivity contribution in [3.63, 3.8) is 0 Å². The van der Waals surface area contributed by atoms with Gasteiger partial charge in [0.1, 0.15) is 6.54 Å². The van der Waals surface area contributed by atoms with Gasteiger partial charge in [-0.25, -0.2) is 8.42 Å². The normalized spacial score (nSPS) is 14.9. The maximum atomic E-state index is 13.1. The summed E-state index contributed by atoms with van der Waals surface area (Å²) in [5.41, 5.74) is -1.18. The van der Waals surface area contributed by atoms with E-state index in [4.69, 9.17) is 0 Å². The number of sulfonamides is 1. The number of anilines is 1. The second-order valence-electron chi connectivity index (χ2n) is 6.46. The molecule has 5 nitrogen and oxygen atoms in total. The first-order valence-electron chi connectivity index (χ1n) is 8.72. The van der Waals surface area contributed by atoms with Crippen molar-refractivity contribution in [1.82, 2.24) is 4.90 Å². The minimum Gasteiger partial charge on any atom is -0.341 e. The Bertz CT molecular complexity index is 940. The molecule has 0 atom stereocenters. The lowest BCUT2D eigenvalue weighted by atomic mass is 10.2. The van der Waals surface area contributed by atoms with Crippen molar-refractivity contribution in [3.05, 3.63) is 60.2 Å². The number of nitrogens with zero attached hydrogens (tertiary/aromatic N) is 2. The number of rotatable bonds is 5. The molecule has 1 amide bonds.